The molecule has 1 atom stereocenters. The van der Waals surface area contributed by atoms with Gasteiger partial charge < -0.3 is 19.4 Å². The van der Waals surface area contributed by atoms with Crippen LogP contribution in [0.3, 0.4) is 0 Å². The Labute approximate surface area is 148 Å². The second kappa shape index (κ2) is 6.98. The predicted octanol–water partition coefficient (Wildman–Crippen LogP) is 3.01. The van der Waals surface area contributed by atoms with Crippen LogP contribution in [0.1, 0.15) is 6.92 Å². The van der Waals surface area contributed by atoms with Crippen LogP contribution in [-0.2, 0) is 11.8 Å². The third-order valence-corrected chi connectivity index (χ3v) is 4.80. The molecular formula is C18H18N2O4S. The Morgan fingerprint density at radius 3 is 2.64 bits per heavy atom. The number of amides is 1. The smallest absolute Gasteiger partial charge is 0.307 e. The summed E-state index contributed by atoms with van der Waals surface area (Å²) < 4.78 is 13.3. The van der Waals surface area contributed by atoms with Gasteiger partial charge in [0.1, 0.15) is 0 Å². The van der Waals surface area contributed by atoms with Crippen LogP contribution in [0.15, 0.2) is 47.3 Å². The van der Waals surface area contributed by atoms with E-state index in [1.54, 1.807) is 49.9 Å². The number of methoxy groups -OCH3 is 1. The number of ether oxygens (including phenoxy) is 2. The summed E-state index contributed by atoms with van der Waals surface area (Å²) in [5, 5.41) is 2.81. The molecule has 0 aliphatic heterocycles. The van der Waals surface area contributed by atoms with E-state index >= 15 is 0 Å². The normalized spacial score (nSPS) is 12.0. The van der Waals surface area contributed by atoms with Crippen molar-refractivity contribution in [1.29, 1.82) is 0 Å². The number of fused-ring (bicyclic) bond motifs is 1. The van der Waals surface area contributed by atoms with Crippen LogP contribution >= 0.6 is 11.3 Å². The number of nitrogens with one attached hydrogen (secondary N) is 1. The fraction of sp³-hybridized carbons (Fsp3) is 0.222. The molecule has 6 nitrogen and oxygen atoms in total. The Morgan fingerprint density at radius 2 is 1.92 bits per heavy atom. The quantitative estimate of drug-likeness (QED) is 0.761. The van der Waals surface area contributed by atoms with Crippen molar-refractivity contribution in [2.24, 2.45) is 7.05 Å². The van der Waals surface area contributed by atoms with Gasteiger partial charge in [-0.2, -0.15) is 0 Å². The van der Waals surface area contributed by atoms with E-state index in [1.165, 1.54) is 0 Å². The minimum atomic E-state index is -0.707. The summed E-state index contributed by atoms with van der Waals surface area (Å²) in [6.07, 6.45) is -0.707. The Hall–Kier alpha value is -2.80. The van der Waals surface area contributed by atoms with E-state index in [9.17, 15) is 9.59 Å². The molecule has 0 unspecified atom stereocenters. The van der Waals surface area contributed by atoms with Crippen molar-refractivity contribution in [2.75, 3.05) is 12.4 Å². The van der Waals surface area contributed by atoms with Gasteiger partial charge in [0, 0.05) is 12.7 Å². The molecule has 3 rings (SSSR count). The lowest BCUT2D eigenvalue weighted by molar-refractivity contribution is -0.122. The number of carbonyl (C=O) groups excluding carboxylic acids is 1. The SMILES string of the molecule is COc1ccccc1O[C@H](C)C(=O)Nc1ccc2c(c1)sc(=O)n2C. The van der Waals surface area contributed by atoms with Crippen LogP contribution in [0.4, 0.5) is 5.69 Å². The number of rotatable bonds is 5. The minimum Gasteiger partial charge on any atom is -0.493 e. The topological polar surface area (TPSA) is 69.6 Å². The number of benzene rings is 2. The van der Waals surface area contributed by atoms with Gasteiger partial charge in [0.15, 0.2) is 17.6 Å². The number of thiazole rings is 1. The average Bonchev–Trinajstić information content (AvgIpc) is 2.89. The molecule has 25 heavy (non-hydrogen) atoms. The number of hydrogen-bond acceptors (Lipinski definition) is 5. The van der Waals surface area contributed by atoms with Gasteiger partial charge in [0.2, 0.25) is 0 Å². The summed E-state index contributed by atoms with van der Waals surface area (Å²) >= 11 is 1.14. The van der Waals surface area contributed by atoms with Gasteiger partial charge in [0.25, 0.3) is 5.91 Å². The number of aryl methyl sites for hydroxylation is 1. The zero-order chi connectivity index (χ0) is 18.0. The molecule has 3 aromatic rings. The molecule has 0 fully saturated rings. The lowest BCUT2D eigenvalue weighted by Crippen LogP contribution is -2.30. The second-order valence-electron chi connectivity index (χ2n) is 5.51. The van der Waals surface area contributed by atoms with Crippen molar-refractivity contribution in [3.63, 3.8) is 0 Å². The van der Waals surface area contributed by atoms with Crippen molar-refractivity contribution >= 4 is 33.1 Å². The van der Waals surface area contributed by atoms with Gasteiger partial charge in [-0.3, -0.25) is 9.59 Å². The van der Waals surface area contributed by atoms with Gasteiger partial charge >= 0.3 is 4.87 Å². The number of aromatic nitrogens is 1. The molecule has 0 spiro atoms. The van der Waals surface area contributed by atoms with Crippen molar-refractivity contribution < 1.29 is 14.3 Å². The Morgan fingerprint density at radius 1 is 1.20 bits per heavy atom. The van der Waals surface area contributed by atoms with E-state index in [0.717, 1.165) is 21.6 Å². The number of hydrogen-bond donors (Lipinski definition) is 1. The fourth-order valence-electron chi connectivity index (χ4n) is 2.42. The predicted molar refractivity (Wildman–Crippen MR) is 98.8 cm³/mol. The molecule has 1 N–H and O–H groups in total. The Kier molecular flexibility index (Phi) is 4.76. The first-order valence-corrected chi connectivity index (χ1v) is 8.51. The monoisotopic (exact) mass is 358 g/mol. The first-order valence-electron chi connectivity index (χ1n) is 7.69. The van der Waals surface area contributed by atoms with Crippen molar-refractivity contribution in [1.82, 2.24) is 4.57 Å². The summed E-state index contributed by atoms with van der Waals surface area (Å²) in [5.74, 6) is 0.788. The van der Waals surface area contributed by atoms with Crippen LogP contribution in [-0.4, -0.2) is 23.7 Å². The summed E-state index contributed by atoms with van der Waals surface area (Å²) in [7, 11) is 3.27. The van der Waals surface area contributed by atoms with Gasteiger partial charge in [-0.05, 0) is 37.3 Å². The minimum absolute atomic E-state index is 0.0358. The maximum atomic E-state index is 12.4. The molecule has 130 valence electrons. The standard InChI is InChI=1S/C18H18N2O4S/c1-11(24-15-7-5-4-6-14(15)23-3)17(21)19-12-8-9-13-16(10-12)25-18(22)20(13)2/h4-11H,1-3H3,(H,19,21)/t11-/m1/s1. The van der Waals surface area contributed by atoms with Gasteiger partial charge in [-0.15, -0.1) is 0 Å². The number of nitrogens with zero attached hydrogens (tertiary/aromatic N) is 1. The molecule has 2 aromatic carbocycles. The van der Waals surface area contributed by atoms with Crippen LogP contribution in [0.2, 0.25) is 0 Å². The lowest BCUT2D eigenvalue weighted by atomic mass is 10.2. The molecule has 1 heterocycles. The van der Waals surface area contributed by atoms with E-state index < -0.39 is 6.10 Å². The maximum absolute atomic E-state index is 12.4. The van der Waals surface area contributed by atoms with E-state index in [2.05, 4.69) is 5.32 Å². The molecule has 0 saturated carbocycles. The molecule has 7 heteroatoms. The highest BCUT2D eigenvalue weighted by Crippen LogP contribution is 2.27. The summed E-state index contributed by atoms with van der Waals surface area (Å²) in [6.45, 7) is 1.67. The van der Waals surface area contributed by atoms with Crippen molar-refractivity contribution in [2.45, 2.75) is 13.0 Å². The zero-order valence-corrected chi connectivity index (χ0v) is 14.9. The maximum Gasteiger partial charge on any atom is 0.307 e. The van der Waals surface area contributed by atoms with E-state index in [1.807, 2.05) is 18.2 Å². The van der Waals surface area contributed by atoms with Crippen LogP contribution in [0, 0.1) is 0 Å². The number of anilines is 1. The number of carbonyl (C=O) groups is 1. The second-order valence-corrected chi connectivity index (χ2v) is 6.50. The lowest BCUT2D eigenvalue weighted by Gasteiger charge is -2.16. The Bertz CT molecular complexity index is 977. The summed E-state index contributed by atoms with van der Waals surface area (Å²) in [5.41, 5.74) is 1.46. The summed E-state index contributed by atoms with van der Waals surface area (Å²) in [4.78, 5) is 24.1. The molecule has 0 aliphatic rings. The van der Waals surface area contributed by atoms with Crippen LogP contribution in [0.25, 0.3) is 10.2 Å². The fourth-order valence-corrected chi connectivity index (χ4v) is 3.33. The van der Waals surface area contributed by atoms with Gasteiger partial charge in [-0.1, -0.05) is 23.5 Å². The van der Waals surface area contributed by atoms with Crippen LogP contribution in [0.5, 0.6) is 11.5 Å². The number of para-hydroxylation sites is 2. The van der Waals surface area contributed by atoms with Crippen molar-refractivity contribution in [3.8, 4) is 11.5 Å². The molecule has 0 radical (unpaired) electrons. The van der Waals surface area contributed by atoms with E-state index in [0.29, 0.717) is 17.2 Å². The molecule has 0 aliphatic carbocycles. The molecule has 1 aromatic heterocycles. The van der Waals surface area contributed by atoms with Gasteiger partial charge in [-0.25, -0.2) is 0 Å². The molecule has 0 bridgehead atoms. The Balaban J connectivity index is 1.74. The molecule has 1 amide bonds. The largest absolute Gasteiger partial charge is 0.493 e. The van der Waals surface area contributed by atoms with Crippen LogP contribution < -0.4 is 19.7 Å². The summed E-state index contributed by atoms with van der Waals surface area (Å²) in [6, 6.07) is 12.5. The first kappa shape index (κ1) is 17.0. The highest BCUT2D eigenvalue weighted by atomic mass is 32.1. The molecular weight excluding hydrogens is 340 g/mol. The van der Waals surface area contributed by atoms with E-state index in [4.69, 9.17) is 9.47 Å². The first-order chi connectivity index (χ1) is 12.0. The third-order valence-electron chi connectivity index (χ3n) is 3.80. The molecule has 0 saturated heterocycles. The third kappa shape index (κ3) is 3.51. The van der Waals surface area contributed by atoms with Crippen molar-refractivity contribution in [3.05, 3.63) is 52.1 Å². The average molecular weight is 358 g/mol. The van der Waals surface area contributed by atoms with Gasteiger partial charge in [0.05, 0.1) is 17.3 Å². The van der Waals surface area contributed by atoms with E-state index in [-0.39, 0.29) is 10.8 Å². The highest BCUT2D eigenvalue weighted by molar-refractivity contribution is 7.16. The zero-order valence-electron chi connectivity index (χ0n) is 14.1. The highest BCUT2D eigenvalue weighted by Gasteiger charge is 2.17.